The second-order valence-electron chi connectivity index (χ2n) is 8.52. The zero-order valence-electron chi connectivity index (χ0n) is 17.0. The lowest BCUT2D eigenvalue weighted by molar-refractivity contribution is -0.274. The summed E-state index contributed by atoms with van der Waals surface area (Å²) in [6.45, 7) is 12.2. The van der Waals surface area contributed by atoms with Crippen molar-refractivity contribution >= 4 is 24.4 Å². The molecule has 1 aromatic rings. The molecule has 1 fully saturated rings. The Bertz CT molecular complexity index is 728. The van der Waals surface area contributed by atoms with Crippen LogP contribution in [0.15, 0.2) is 18.2 Å². The minimum absolute atomic E-state index is 0.0608. The van der Waals surface area contributed by atoms with Gasteiger partial charge >= 0.3 is 19.6 Å². The van der Waals surface area contributed by atoms with Crippen molar-refractivity contribution in [2.45, 2.75) is 71.6 Å². The Hall–Kier alpha value is -1.94. The quantitative estimate of drug-likeness (QED) is 0.766. The van der Waals surface area contributed by atoms with Crippen LogP contribution in [-0.2, 0) is 14.0 Å². The van der Waals surface area contributed by atoms with Crippen LogP contribution in [0.1, 0.15) is 48.5 Å². The van der Waals surface area contributed by atoms with Gasteiger partial charge in [-0.05, 0) is 54.5 Å². The van der Waals surface area contributed by atoms with Crippen LogP contribution in [0.25, 0.3) is 0 Å². The van der Waals surface area contributed by atoms with Crippen LogP contribution in [-0.4, -0.2) is 36.4 Å². The molecule has 10 heteroatoms. The van der Waals surface area contributed by atoms with Crippen LogP contribution in [0.2, 0.25) is 0 Å². The van der Waals surface area contributed by atoms with E-state index in [1.54, 1.807) is 48.5 Å². The molecule has 0 spiro atoms. The summed E-state index contributed by atoms with van der Waals surface area (Å²) in [6, 6.07) is 3.83. The van der Waals surface area contributed by atoms with E-state index in [1.807, 2.05) is 0 Å². The molecular weight excluding hydrogens is 378 g/mol. The highest BCUT2D eigenvalue weighted by Crippen LogP contribution is 2.38. The molecule has 0 unspecified atom stereocenters. The van der Waals surface area contributed by atoms with E-state index in [1.165, 1.54) is 12.1 Å². The Labute approximate surface area is 162 Å². The Morgan fingerprint density at radius 3 is 2.07 bits per heavy atom. The summed E-state index contributed by atoms with van der Waals surface area (Å²) >= 11 is 0. The normalized spacial score (nSPS) is 18.7. The highest BCUT2D eigenvalue weighted by molar-refractivity contribution is 6.63. The van der Waals surface area contributed by atoms with Crippen molar-refractivity contribution in [2.24, 2.45) is 0 Å². The van der Waals surface area contributed by atoms with Crippen LogP contribution in [0.4, 0.5) is 23.7 Å². The number of amides is 1. The molecular formula is C18H25BF3NO5. The third-order valence-electron chi connectivity index (χ3n) is 4.39. The topological polar surface area (TPSA) is 66.0 Å². The Morgan fingerprint density at radius 1 is 1.07 bits per heavy atom. The van der Waals surface area contributed by atoms with Crippen molar-refractivity contribution in [3.8, 4) is 5.75 Å². The van der Waals surface area contributed by atoms with Gasteiger partial charge in [0.25, 0.3) is 0 Å². The fourth-order valence-corrected chi connectivity index (χ4v) is 2.41. The predicted molar refractivity (Wildman–Crippen MR) is 98.7 cm³/mol. The van der Waals surface area contributed by atoms with E-state index < -0.39 is 42.1 Å². The number of anilines is 1. The molecule has 0 radical (unpaired) electrons. The Morgan fingerprint density at radius 2 is 1.61 bits per heavy atom. The number of alkyl halides is 3. The van der Waals surface area contributed by atoms with Gasteiger partial charge in [0.2, 0.25) is 0 Å². The minimum atomic E-state index is -4.93. The number of carbonyl (C=O) groups excluding carboxylic acids is 1. The van der Waals surface area contributed by atoms with Crippen LogP contribution < -0.4 is 15.5 Å². The lowest BCUT2D eigenvalue weighted by Gasteiger charge is -2.32. The maximum absolute atomic E-state index is 12.9. The average molecular weight is 403 g/mol. The van der Waals surface area contributed by atoms with Crippen molar-refractivity contribution in [3.63, 3.8) is 0 Å². The molecule has 1 aliphatic rings. The molecule has 1 aromatic carbocycles. The summed E-state index contributed by atoms with van der Waals surface area (Å²) in [5.74, 6) is -0.528. The second kappa shape index (κ2) is 7.15. The highest BCUT2D eigenvalue weighted by Gasteiger charge is 2.53. The Balaban J connectivity index is 2.33. The monoisotopic (exact) mass is 403 g/mol. The van der Waals surface area contributed by atoms with Crippen molar-refractivity contribution in [1.82, 2.24) is 0 Å². The molecule has 156 valence electrons. The number of rotatable bonds is 3. The lowest BCUT2D eigenvalue weighted by Crippen LogP contribution is -2.41. The van der Waals surface area contributed by atoms with Gasteiger partial charge in [-0.25, -0.2) is 4.79 Å². The molecule has 0 saturated carbocycles. The summed E-state index contributed by atoms with van der Waals surface area (Å²) in [5, 5.41) is 2.38. The van der Waals surface area contributed by atoms with Gasteiger partial charge in [0.05, 0.1) is 11.2 Å². The molecule has 0 bridgehead atoms. The SMILES string of the molecule is CC(C)(C)OC(=O)Nc1ccc(B2OC(C)(C)C(C)(C)O2)c(OC(F)(F)F)c1. The van der Waals surface area contributed by atoms with E-state index >= 15 is 0 Å². The van der Waals surface area contributed by atoms with Crippen LogP contribution in [0.3, 0.4) is 0 Å². The molecule has 2 rings (SSSR count). The van der Waals surface area contributed by atoms with Gasteiger partial charge < -0.3 is 18.8 Å². The summed E-state index contributed by atoms with van der Waals surface area (Å²) in [4.78, 5) is 11.9. The Kier molecular flexibility index (Phi) is 5.71. The largest absolute Gasteiger partial charge is 0.573 e. The van der Waals surface area contributed by atoms with Crippen LogP contribution in [0, 0.1) is 0 Å². The third-order valence-corrected chi connectivity index (χ3v) is 4.39. The number of benzene rings is 1. The number of hydrogen-bond donors (Lipinski definition) is 1. The van der Waals surface area contributed by atoms with Gasteiger partial charge in [-0.2, -0.15) is 0 Å². The van der Waals surface area contributed by atoms with Gasteiger partial charge in [-0.1, -0.05) is 6.07 Å². The number of hydrogen-bond acceptors (Lipinski definition) is 5. The average Bonchev–Trinajstić information content (AvgIpc) is 2.63. The summed E-state index contributed by atoms with van der Waals surface area (Å²) in [5.41, 5.74) is -2.08. The number of halogens is 3. The smallest absolute Gasteiger partial charge is 0.444 e. The lowest BCUT2D eigenvalue weighted by atomic mass is 9.78. The van der Waals surface area contributed by atoms with Crippen molar-refractivity contribution in [1.29, 1.82) is 0 Å². The summed E-state index contributed by atoms with van der Waals surface area (Å²) in [7, 11) is -1.06. The zero-order chi connectivity index (χ0) is 21.5. The van der Waals surface area contributed by atoms with Crippen molar-refractivity contribution in [2.75, 3.05) is 5.32 Å². The van der Waals surface area contributed by atoms with Gasteiger partial charge in [-0.3, -0.25) is 5.32 Å². The van der Waals surface area contributed by atoms with Crippen molar-refractivity contribution < 1.29 is 36.7 Å². The van der Waals surface area contributed by atoms with E-state index in [-0.39, 0.29) is 11.2 Å². The number of ether oxygens (including phenoxy) is 2. The molecule has 1 saturated heterocycles. The molecule has 1 N–H and O–H groups in total. The molecule has 0 atom stereocenters. The minimum Gasteiger partial charge on any atom is -0.444 e. The van der Waals surface area contributed by atoms with Gasteiger partial charge in [0.1, 0.15) is 11.4 Å². The van der Waals surface area contributed by atoms with Gasteiger partial charge in [0.15, 0.2) is 0 Å². The summed E-state index contributed by atoms with van der Waals surface area (Å²) < 4.78 is 59.6. The van der Waals surface area contributed by atoms with Gasteiger partial charge in [-0.15, -0.1) is 13.2 Å². The van der Waals surface area contributed by atoms with Crippen LogP contribution >= 0.6 is 0 Å². The zero-order valence-corrected chi connectivity index (χ0v) is 17.0. The molecule has 0 aromatic heterocycles. The van der Waals surface area contributed by atoms with E-state index in [0.717, 1.165) is 6.07 Å². The molecule has 28 heavy (non-hydrogen) atoms. The molecule has 1 amide bonds. The molecule has 6 nitrogen and oxygen atoms in total. The summed E-state index contributed by atoms with van der Waals surface area (Å²) in [6.07, 6.45) is -5.73. The molecule has 1 heterocycles. The van der Waals surface area contributed by atoms with E-state index in [9.17, 15) is 18.0 Å². The maximum atomic E-state index is 12.9. The first-order chi connectivity index (χ1) is 12.5. The number of nitrogens with one attached hydrogen (secondary N) is 1. The fourth-order valence-electron chi connectivity index (χ4n) is 2.41. The third kappa shape index (κ3) is 5.54. The fraction of sp³-hybridized carbons (Fsp3) is 0.611. The van der Waals surface area contributed by atoms with Crippen molar-refractivity contribution in [3.05, 3.63) is 18.2 Å². The molecule has 0 aliphatic carbocycles. The van der Waals surface area contributed by atoms with E-state index in [0.29, 0.717) is 0 Å². The van der Waals surface area contributed by atoms with Gasteiger partial charge in [0, 0.05) is 17.2 Å². The molecule has 1 aliphatic heterocycles. The predicted octanol–water partition coefficient (Wildman–Crippen LogP) is 4.23. The standard InChI is InChI=1S/C18H25BF3NO5/c1-15(2,3)26-14(24)23-11-8-9-12(13(10-11)25-18(20,21)22)19-27-16(4,5)17(6,7)28-19/h8-10H,1-7H3,(H,23,24). The first-order valence-corrected chi connectivity index (χ1v) is 8.74. The first-order valence-electron chi connectivity index (χ1n) is 8.74. The first kappa shape index (κ1) is 22.4. The maximum Gasteiger partial charge on any atom is 0.573 e. The highest BCUT2D eigenvalue weighted by atomic mass is 19.4. The van der Waals surface area contributed by atoms with E-state index in [4.69, 9.17) is 14.0 Å². The number of carbonyl (C=O) groups is 1. The van der Waals surface area contributed by atoms with Crippen LogP contribution in [0.5, 0.6) is 5.75 Å². The van der Waals surface area contributed by atoms with E-state index in [2.05, 4.69) is 10.1 Å². The second-order valence-corrected chi connectivity index (χ2v) is 8.52.